The fourth-order valence-electron chi connectivity index (χ4n) is 3.79. The van der Waals surface area contributed by atoms with E-state index in [1.807, 2.05) is 12.1 Å². The predicted octanol–water partition coefficient (Wildman–Crippen LogP) is 4.68. The van der Waals surface area contributed by atoms with E-state index in [1.54, 1.807) is 0 Å². The quantitative estimate of drug-likeness (QED) is 0.653. The summed E-state index contributed by atoms with van der Waals surface area (Å²) in [4.78, 5) is 14.1. The van der Waals surface area contributed by atoms with E-state index in [1.165, 1.54) is 42.0 Å². The fraction of sp³-hybridized carbons (Fsp3) is 0.318. The molecule has 1 fully saturated rings. The average Bonchev–Trinajstić information content (AvgIpc) is 2.64. The van der Waals surface area contributed by atoms with E-state index in [9.17, 15) is 4.79 Å². The largest absolute Gasteiger partial charge is 0.423 e. The molecule has 3 aromatic rings. The summed E-state index contributed by atoms with van der Waals surface area (Å²) in [5.41, 5.74) is 4.12. The van der Waals surface area contributed by atoms with Crippen LogP contribution in [0.3, 0.4) is 0 Å². The van der Waals surface area contributed by atoms with E-state index < -0.39 is 0 Å². The number of hydrogen-bond donors (Lipinski definition) is 0. The zero-order valence-corrected chi connectivity index (χ0v) is 14.6. The van der Waals surface area contributed by atoms with Crippen molar-refractivity contribution < 1.29 is 4.42 Å². The lowest BCUT2D eigenvalue weighted by atomic mass is 9.94. The highest BCUT2D eigenvalue weighted by Crippen LogP contribution is 2.32. The molecule has 0 spiro atoms. The van der Waals surface area contributed by atoms with Crippen molar-refractivity contribution in [3.63, 3.8) is 0 Å². The van der Waals surface area contributed by atoms with E-state index in [4.69, 9.17) is 4.42 Å². The molecule has 25 heavy (non-hydrogen) atoms. The topological polar surface area (TPSA) is 33.5 Å². The third-order valence-electron chi connectivity index (χ3n) is 5.11. The van der Waals surface area contributed by atoms with Crippen LogP contribution in [0.1, 0.15) is 42.0 Å². The number of hydrogen-bond acceptors (Lipinski definition) is 3. The maximum Gasteiger partial charge on any atom is 0.336 e. The number of likely N-dealkylation sites (tertiary alicyclic amines) is 1. The lowest BCUT2D eigenvalue weighted by molar-refractivity contribution is 0.187. The average molecular weight is 333 g/mol. The number of nitrogens with zero attached hydrogens (tertiary/aromatic N) is 1. The van der Waals surface area contributed by atoms with E-state index in [2.05, 4.69) is 48.2 Å². The lowest BCUT2D eigenvalue weighted by Crippen LogP contribution is -2.34. The summed E-state index contributed by atoms with van der Waals surface area (Å²) in [6.07, 6.45) is 3.79. The van der Waals surface area contributed by atoms with Crippen molar-refractivity contribution in [3.8, 4) is 0 Å². The van der Waals surface area contributed by atoms with Crippen molar-refractivity contribution in [2.24, 2.45) is 0 Å². The summed E-state index contributed by atoms with van der Waals surface area (Å²) in [6, 6.07) is 18.6. The molecule has 4 rings (SSSR count). The Morgan fingerprint density at radius 3 is 2.32 bits per heavy atom. The summed E-state index contributed by atoms with van der Waals surface area (Å²) in [6.45, 7) is 4.33. The van der Waals surface area contributed by atoms with Crippen molar-refractivity contribution in [1.82, 2.24) is 4.90 Å². The summed E-state index contributed by atoms with van der Waals surface area (Å²) in [7, 11) is 0. The summed E-state index contributed by atoms with van der Waals surface area (Å²) in [5.74, 6) is 0. The molecule has 2 aromatic carbocycles. The van der Waals surface area contributed by atoms with Crippen molar-refractivity contribution in [2.45, 2.75) is 32.2 Å². The van der Waals surface area contributed by atoms with Crippen LogP contribution in [-0.4, -0.2) is 18.0 Å². The molecule has 3 heteroatoms. The van der Waals surface area contributed by atoms with Crippen molar-refractivity contribution in [3.05, 3.63) is 81.7 Å². The fourth-order valence-corrected chi connectivity index (χ4v) is 3.79. The van der Waals surface area contributed by atoms with Gasteiger partial charge in [0, 0.05) is 11.5 Å². The molecule has 128 valence electrons. The Hall–Kier alpha value is -2.39. The second-order valence-electron chi connectivity index (χ2n) is 6.96. The van der Waals surface area contributed by atoms with Gasteiger partial charge >= 0.3 is 5.63 Å². The molecule has 1 saturated heterocycles. The highest BCUT2D eigenvalue weighted by Gasteiger charge is 2.24. The maximum atomic E-state index is 11.6. The summed E-state index contributed by atoms with van der Waals surface area (Å²) >= 11 is 0. The van der Waals surface area contributed by atoms with Crippen LogP contribution in [-0.2, 0) is 0 Å². The molecule has 1 unspecified atom stereocenters. The van der Waals surface area contributed by atoms with Crippen molar-refractivity contribution in [2.75, 3.05) is 13.1 Å². The van der Waals surface area contributed by atoms with Crippen LogP contribution in [0.5, 0.6) is 0 Å². The number of rotatable bonds is 3. The minimum absolute atomic E-state index is 0.204. The minimum Gasteiger partial charge on any atom is -0.423 e. The minimum atomic E-state index is -0.297. The standard InChI is InChI=1S/C22H23NO2/c1-16-5-7-18(8-6-16)22(23-13-3-2-4-14-23)19-10-9-17-11-12-21(24)25-20(17)15-19/h5-12,15,22H,2-4,13-14H2,1H3. The van der Waals surface area contributed by atoms with Gasteiger partial charge in [-0.1, -0.05) is 48.4 Å². The van der Waals surface area contributed by atoms with E-state index >= 15 is 0 Å². The molecule has 0 bridgehead atoms. The molecule has 0 saturated carbocycles. The van der Waals surface area contributed by atoms with Crippen LogP contribution in [0.25, 0.3) is 11.0 Å². The van der Waals surface area contributed by atoms with Crippen LogP contribution < -0.4 is 5.63 Å². The molecule has 1 aliphatic heterocycles. The molecule has 0 N–H and O–H groups in total. The predicted molar refractivity (Wildman–Crippen MR) is 101 cm³/mol. The molecule has 1 atom stereocenters. The van der Waals surface area contributed by atoms with Gasteiger partial charge in [0.2, 0.25) is 0 Å². The summed E-state index contributed by atoms with van der Waals surface area (Å²) in [5, 5.41) is 0.963. The highest BCUT2D eigenvalue weighted by atomic mass is 16.4. The maximum absolute atomic E-state index is 11.6. The van der Waals surface area contributed by atoms with Gasteiger partial charge in [0.1, 0.15) is 5.58 Å². The van der Waals surface area contributed by atoms with Gasteiger partial charge in [0.15, 0.2) is 0 Å². The number of piperidine rings is 1. The molecule has 1 aliphatic rings. The van der Waals surface area contributed by atoms with Crippen LogP contribution in [0, 0.1) is 6.92 Å². The zero-order chi connectivity index (χ0) is 17.2. The van der Waals surface area contributed by atoms with Crippen LogP contribution >= 0.6 is 0 Å². The first-order chi connectivity index (χ1) is 12.2. The molecular formula is C22H23NO2. The van der Waals surface area contributed by atoms with E-state index in [-0.39, 0.29) is 11.7 Å². The van der Waals surface area contributed by atoms with Gasteiger partial charge in [-0.15, -0.1) is 0 Å². The molecular weight excluding hydrogens is 310 g/mol. The van der Waals surface area contributed by atoms with Crippen LogP contribution in [0.15, 0.2) is 63.8 Å². The van der Waals surface area contributed by atoms with Crippen LogP contribution in [0.4, 0.5) is 0 Å². The Kier molecular flexibility index (Phi) is 4.41. The van der Waals surface area contributed by atoms with Crippen molar-refractivity contribution in [1.29, 1.82) is 0 Å². The second-order valence-corrected chi connectivity index (χ2v) is 6.96. The first-order valence-electron chi connectivity index (χ1n) is 9.05. The Morgan fingerprint density at radius 2 is 1.56 bits per heavy atom. The van der Waals surface area contributed by atoms with E-state index in [0.717, 1.165) is 18.5 Å². The van der Waals surface area contributed by atoms with Gasteiger partial charge in [0.05, 0.1) is 6.04 Å². The normalized spacial score (nSPS) is 16.8. The highest BCUT2D eigenvalue weighted by molar-refractivity contribution is 5.77. The van der Waals surface area contributed by atoms with Gasteiger partial charge in [-0.2, -0.15) is 0 Å². The number of aryl methyl sites for hydroxylation is 1. The SMILES string of the molecule is Cc1ccc(C(c2ccc3ccc(=O)oc3c2)N2CCCCC2)cc1. The Labute approximate surface area is 147 Å². The molecule has 3 nitrogen and oxygen atoms in total. The zero-order valence-electron chi connectivity index (χ0n) is 14.6. The van der Waals surface area contributed by atoms with Crippen LogP contribution in [0.2, 0.25) is 0 Å². The lowest BCUT2D eigenvalue weighted by Gasteiger charge is -2.35. The second kappa shape index (κ2) is 6.85. The molecule has 0 radical (unpaired) electrons. The smallest absolute Gasteiger partial charge is 0.336 e. The Balaban J connectivity index is 1.81. The third kappa shape index (κ3) is 3.38. The summed E-state index contributed by atoms with van der Waals surface area (Å²) < 4.78 is 5.42. The van der Waals surface area contributed by atoms with Crippen molar-refractivity contribution >= 4 is 11.0 Å². The first kappa shape index (κ1) is 16.1. The molecule has 0 aliphatic carbocycles. The number of benzene rings is 2. The van der Waals surface area contributed by atoms with Gasteiger partial charge in [-0.3, -0.25) is 4.90 Å². The first-order valence-corrected chi connectivity index (χ1v) is 9.05. The monoisotopic (exact) mass is 333 g/mol. The number of fused-ring (bicyclic) bond motifs is 1. The Bertz CT molecular complexity index is 921. The third-order valence-corrected chi connectivity index (χ3v) is 5.11. The van der Waals surface area contributed by atoms with Gasteiger partial charge in [-0.25, -0.2) is 4.79 Å². The van der Waals surface area contributed by atoms with Gasteiger partial charge in [-0.05, 0) is 56.1 Å². The molecule has 1 aromatic heterocycles. The Morgan fingerprint density at radius 1 is 0.880 bits per heavy atom. The molecule has 2 heterocycles. The van der Waals surface area contributed by atoms with E-state index in [0.29, 0.717) is 5.58 Å². The van der Waals surface area contributed by atoms with Gasteiger partial charge < -0.3 is 4.42 Å². The van der Waals surface area contributed by atoms with Gasteiger partial charge in [0.25, 0.3) is 0 Å². The molecule has 0 amide bonds.